The van der Waals surface area contributed by atoms with Crippen molar-refractivity contribution < 1.29 is 0 Å². The first-order valence-corrected chi connectivity index (χ1v) is 4.87. The molecule has 0 saturated heterocycles. The highest BCUT2D eigenvalue weighted by atomic mass is 15.0. The lowest BCUT2D eigenvalue weighted by molar-refractivity contribution is 0.729. The predicted octanol–water partition coefficient (Wildman–Crippen LogP) is 1.36. The summed E-state index contributed by atoms with van der Waals surface area (Å²) in [6.07, 6.45) is 1.84. The third-order valence-electron chi connectivity index (χ3n) is 2.02. The summed E-state index contributed by atoms with van der Waals surface area (Å²) in [5.41, 5.74) is 2.01. The highest BCUT2D eigenvalue weighted by Gasteiger charge is 2.07. The Morgan fingerprint density at radius 2 is 2.07 bits per heavy atom. The fourth-order valence-electron chi connectivity index (χ4n) is 1.22. The molecule has 0 aliphatic heterocycles. The van der Waals surface area contributed by atoms with Crippen molar-refractivity contribution in [2.75, 3.05) is 19.4 Å². The first-order valence-electron chi connectivity index (χ1n) is 4.87. The number of hydrogen-bond acceptors (Lipinski definition) is 4. The van der Waals surface area contributed by atoms with Crippen molar-refractivity contribution in [2.45, 2.75) is 26.3 Å². The standard InChI is InChI=1S/C10H18N4/c1-7(2)10-13-6-8(12-4)9(14-10)5-11-3/h6-7,11-12H,5H2,1-4H3. The average molecular weight is 194 g/mol. The molecule has 0 saturated carbocycles. The van der Waals surface area contributed by atoms with Crippen molar-refractivity contribution in [3.63, 3.8) is 0 Å². The van der Waals surface area contributed by atoms with Crippen molar-refractivity contribution in [2.24, 2.45) is 0 Å². The number of aromatic nitrogens is 2. The van der Waals surface area contributed by atoms with Crippen LogP contribution in [0.3, 0.4) is 0 Å². The van der Waals surface area contributed by atoms with E-state index in [1.807, 2.05) is 20.3 Å². The Morgan fingerprint density at radius 3 is 2.57 bits per heavy atom. The molecule has 14 heavy (non-hydrogen) atoms. The number of nitrogens with one attached hydrogen (secondary N) is 2. The molecule has 4 heteroatoms. The summed E-state index contributed by atoms with van der Waals surface area (Å²) in [7, 11) is 3.80. The Bertz CT molecular complexity index is 296. The molecule has 0 atom stereocenters. The summed E-state index contributed by atoms with van der Waals surface area (Å²) in [5.74, 6) is 1.27. The molecule has 0 fully saturated rings. The molecule has 0 unspecified atom stereocenters. The Kier molecular flexibility index (Phi) is 3.83. The van der Waals surface area contributed by atoms with Crippen LogP contribution in [0.25, 0.3) is 0 Å². The second-order valence-corrected chi connectivity index (χ2v) is 3.52. The highest BCUT2D eigenvalue weighted by Crippen LogP contribution is 2.15. The molecule has 0 aromatic carbocycles. The number of hydrogen-bond donors (Lipinski definition) is 2. The van der Waals surface area contributed by atoms with E-state index in [4.69, 9.17) is 0 Å². The van der Waals surface area contributed by atoms with Crippen molar-refractivity contribution in [3.05, 3.63) is 17.7 Å². The molecule has 0 amide bonds. The van der Waals surface area contributed by atoms with Crippen LogP contribution in [0, 0.1) is 0 Å². The molecule has 0 bridgehead atoms. The molecular weight excluding hydrogens is 176 g/mol. The molecule has 1 heterocycles. The van der Waals surface area contributed by atoms with Crippen LogP contribution in [0.2, 0.25) is 0 Å². The van der Waals surface area contributed by atoms with E-state index in [2.05, 4.69) is 34.4 Å². The molecule has 0 aliphatic rings. The topological polar surface area (TPSA) is 49.8 Å². The normalized spacial score (nSPS) is 10.6. The molecule has 78 valence electrons. The average Bonchev–Trinajstić information content (AvgIpc) is 2.18. The van der Waals surface area contributed by atoms with Gasteiger partial charge in [0.05, 0.1) is 17.6 Å². The molecular formula is C10H18N4. The number of nitrogens with zero attached hydrogens (tertiary/aromatic N) is 2. The molecule has 0 radical (unpaired) electrons. The third-order valence-corrected chi connectivity index (χ3v) is 2.02. The largest absolute Gasteiger partial charge is 0.385 e. The lowest BCUT2D eigenvalue weighted by Gasteiger charge is -2.10. The van der Waals surface area contributed by atoms with E-state index in [0.717, 1.165) is 23.8 Å². The van der Waals surface area contributed by atoms with Gasteiger partial charge in [-0.05, 0) is 7.05 Å². The summed E-state index contributed by atoms with van der Waals surface area (Å²) < 4.78 is 0. The van der Waals surface area contributed by atoms with Crippen LogP contribution < -0.4 is 10.6 Å². The SMILES string of the molecule is CNCc1nc(C(C)C)ncc1NC. The lowest BCUT2D eigenvalue weighted by atomic mass is 10.2. The van der Waals surface area contributed by atoms with Gasteiger partial charge in [0.1, 0.15) is 5.82 Å². The molecule has 2 N–H and O–H groups in total. The summed E-state index contributed by atoms with van der Waals surface area (Å²) in [6.45, 7) is 4.95. The Hall–Kier alpha value is -1.16. The van der Waals surface area contributed by atoms with Crippen LogP contribution in [-0.4, -0.2) is 24.1 Å². The van der Waals surface area contributed by atoms with E-state index in [1.54, 1.807) is 0 Å². The zero-order chi connectivity index (χ0) is 10.6. The minimum atomic E-state index is 0.372. The highest BCUT2D eigenvalue weighted by molar-refractivity contribution is 5.45. The zero-order valence-electron chi connectivity index (χ0n) is 9.26. The lowest BCUT2D eigenvalue weighted by Crippen LogP contribution is -2.12. The van der Waals surface area contributed by atoms with Gasteiger partial charge in [-0.3, -0.25) is 0 Å². The predicted molar refractivity (Wildman–Crippen MR) is 58.4 cm³/mol. The minimum absolute atomic E-state index is 0.372. The monoisotopic (exact) mass is 194 g/mol. The summed E-state index contributed by atoms with van der Waals surface area (Å²) in [5, 5.41) is 6.18. The Morgan fingerprint density at radius 1 is 1.36 bits per heavy atom. The van der Waals surface area contributed by atoms with Crippen LogP contribution in [0.15, 0.2) is 6.20 Å². The smallest absolute Gasteiger partial charge is 0.131 e. The zero-order valence-corrected chi connectivity index (χ0v) is 9.26. The second kappa shape index (κ2) is 4.91. The van der Waals surface area contributed by atoms with Crippen LogP contribution in [0.1, 0.15) is 31.3 Å². The van der Waals surface area contributed by atoms with Gasteiger partial charge < -0.3 is 10.6 Å². The fourth-order valence-corrected chi connectivity index (χ4v) is 1.22. The molecule has 1 aromatic rings. The third kappa shape index (κ3) is 2.42. The fraction of sp³-hybridized carbons (Fsp3) is 0.600. The Balaban J connectivity index is 3.01. The van der Waals surface area contributed by atoms with E-state index in [9.17, 15) is 0 Å². The van der Waals surface area contributed by atoms with E-state index in [1.165, 1.54) is 0 Å². The molecule has 1 rings (SSSR count). The first kappa shape index (κ1) is 10.9. The maximum absolute atomic E-state index is 4.50. The maximum Gasteiger partial charge on any atom is 0.131 e. The molecule has 4 nitrogen and oxygen atoms in total. The van der Waals surface area contributed by atoms with Crippen LogP contribution in [0.4, 0.5) is 5.69 Å². The second-order valence-electron chi connectivity index (χ2n) is 3.52. The van der Waals surface area contributed by atoms with Crippen molar-refractivity contribution in [1.82, 2.24) is 15.3 Å². The molecule has 1 aromatic heterocycles. The minimum Gasteiger partial charge on any atom is -0.385 e. The van der Waals surface area contributed by atoms with Gasteiger partial charge in [0.25, 0.3) is 0 Å². The quantitative estimate of drug-likeness (QED) is 0.760. The van der Waals surface area contributed by atoms with Gasteiger partial charge in [-0.15, -0.1) is 0 Å². The summed E-state index contributed by atoms with van der Waals surface area (Å²) in [6, 6.07) is 0. The van der Waals surface area contributed by atoms with Crippen LogP contribution in [-0.2, 0) is 6.54 Å². The van der Waals surface area contributed by atoms with Gasteiger partial charge in [0.15, 0.2) is 0 Å². The van der Waals surface area contributed by atoms with Gasteiger partial charge >= 0.3 is 0 Å². The van der Waals surface area contributed by atoms with E-state index >= 15 is 0 Å². The first-order chi connectivity index (χ1) is 6.69. The van der Waals surface area contributed by atoms with Gasteiger partial charge in [-0.1, -0.05) is 13.8 Å². The van der Waals surface area contributed by atoms with Gasteiger partial charge in [-0.2, -0.15) is 0 Å². The molecule has 0 spiro atoms. The summed E-state index contributed by atoms with van der Waals surface area (Å²) >= 11 is 0. The van der Waals surface area contributed by atoms with Crippen molar-refractivity contribution >= 4 is 5.69 Å². The molecule has 0 aliphatic carbocycles. The van der Waals surface area contributed by atoms with Gasteiger partial charge in [-0.25, -0.2) is 9.97 Å². The van der Waals surface area contributed by atoms with Crippen LogP contribution >= 0.6 is 0 Å². The van der Waals surface area contributed by atoms with E-state index < -0.39 is 0 Å². The van der Waals surface area contributed by atoms with E-state index in [0.29, 0.717) is 5.92 Å². The Labute approximate surface area is 85.2 Å². The van der Waals surface area contributed by atoms with Crippen molar-refractivity contribution in [1.29, 1.82) is 0 Å². The van der Waals surface area contributed by atoms with E-state index in [-0.39, 0.29) is 0 Å². The number of anilines is 1. The maximum atomic E-state index is 4.50. The van der Waals surface area contributed by atoms with Crippen LogP contribution in [0.5, 0.6) is 0 Å². The van der Waals surface area contributed by atoms with Gasteiger partial charge in [0.2, 0.25) is 0 Å². The van der Waals surface area contributed by atoms with Crippen molar-refractivity contribution in [3.8, 4) is 0 Å². The summed E-state index contributed by atoms with van der Waals surface area (Å²) in [4.78, 5) is 8.79. The van der Waals surface area contributed by atoms with Gasteiger partial charge in [0, 0.05) is 19.5 Å². The number of rotatable bonds is 4.